The lowest BCUT2D eigenvalue weighted by Gasteiger charge is -2.45. The lowest BCUT2D eigenvalue weighted by atomic mass is 9.70. The van der Waals surface area contributed by atoms with Gasteiger partial charge in [0.1, 0.15) is 28.5 Å². The third-order valence-corrected chi connectivity index (χ3v) is 7.77. The number of carbonyl (C=O) groups excluding carboxylic acids is 2. The van der Waals surface area contributed by atoms with E-state index in [1.807, 2.05) is 12.1 Å². The second kappa shape index (κ2) is 8.20. The predicted octanol–water partition coefficient (Wildman–Crippen LogP) is 2.76. The first-order valence-electron chi connectivity index (χ1n) is 12.5. The molecule has 4 heterocycles. The van der Waals surface area contributed by atoms with Crippen molar-refractivity contribution in [3.63, 3.8) is 0 Å². The van der Waals surface area contributed by atoms with Crippen molar-refractivity contribution in [2.75, 3.05) is 20.2 Å². The van der Waals surface area contributed by atoms with Crippen LogP contribution in [-0.4, -0.2) is 67.5 Å². The highest BCUT2D eigenvalue weighted by Gasteiger charge is 2.54. The third-order valence-electron chi connectivity index (χ3n) is 7.77. The van der Waals surface area contributed by atoms with Gasteiger partial charge in [0.25, 0.3) is 0 Å². The Morgan fingerprint density at radius 3 is 2.76 bits per heavy atom. The molecule has 11 nitrogen and oxygen atoms in total. The number of nitrogens with zero attached hydrogens (tertiary/aromatic N) is 5. The number of ether oxygens (including phenoxy) is 2. The molecule has 3 aliphatic rings. The molecule has 0 bridgehead atoms. The van der Waals surface area contributed by atoms with Crippen LogP contribution in [-0.2, 0) is 0 Å². The summed E-state index contributed by atoms with van der Waals surface area (Å²) in [6.07, 6.45) is 5.05. The Morgan fingerprint density at radius 1 is 1.19 bits per heavy atom. The summed E-state index contributed by atoms with van der Waals surface area (Å²) in [4.78, 5) is 33.0. The molecule has 0 amide bonds. The quantitative estimate of drug-likeness (QED) is 0.314. The van der Waals surface area contributed by atoms with E-state index in [-0.39, 0.29) is 11.6 Å². The van der Waals surface area contributed by atoms with Crippen molar-refractivity contribution in [2.45, 2.75) is 37.3 Å². The van der Waals surface area contributed by atoms with E-state index < -0.39 is 11.5 Å². The van der Waals surface area contributed by atoms with E-state index >= 15 is 0 Å². The predicted molar refractivity (Wildman–Crippen MR) is 132 cm³/mol. The molecule has 0 radical (unpaired) electrons. The fourth-order valence-electron chi connectivity index (χ4n) is 5.72. The summed E-state index contributed by atoms with van der Waals surface area (Å²) in [5.41, 5.74) is 2.04. The fraction of sp³-hybridized carbons (Fsp3) is 0.385. The number of nitrogens with one attached hydrogen (secondary N) is 2. The maximum absolute atomic E-state index is 14.3. The number of aromatic nitrogens is 6. The number of piperidine rings is 1. The zero-order valence-corrected chi connectivity index (χ0v) is 20.2. The summed E-state index contributed by atoms with van der Waals surface area (Å²) in [5.74, 6) is -0.0876. The highest BCUT2D eigenvalue weighted by Crippen LogP contribution is 2.45. The minimum atomic E-state index is -0.996. The van der Waals surface area contributed by atoms with Crippen LogP contribution in [0.3, 0.4) is 0 Å². The monoisotopic (exact) mass is 499 g/mol. The van der Waals surface area contributed by atoms with Crippen LogP contribution < -0.4 is 14.8 Å². The Balaban J connectivity index is 1.35. The molecule has 188 valence electrons. The van der Waals surface area contributed by atoms with Crippen LogP contribution in [0.5, 0.6) is 11.5 Å². The molecule has 1 saturated carbocycles. The smallest absolute Gasteiger partial charge is 0.181 e. The van der Waals surface area contributed by atoms with Gasteiger partial charge in [-0.05, 0) is 66.7 Å². The molecular formula is C26H25N7O4. The number of hydrogen-bond donors (Lipinski definition) is 2. The van der Waals surface area contributed by atoms with Crippen molar-refractivity contribution in [3.8, 4) is 22.9 Å². The molecular weight excluding hydrogens is 474 g/mol. The van der Waals surface area contributed by atoms with Crippen molar-refractivity contribution in [2.24, 2.45) is 5.92 Å². The van der Waals surface area contributed by atoms with Crippen molar-refractivity contribution in [3.05, 3.63) is 47.8 Å². The van der Waals surface area contributed by atoms with Gasteiger partial charge in [-0.15, -0.1) is 5.10 Å². The minimum absolute atomic E-state index is 0.253. The van der Waals surface area contributed by atoms with Crippen LogP contribution in [0.2, 0.25) is 0 Å². The standard InChI is InChI=1S/C26H25N7O4/c1-36-20-12-15(11-18-22(20)28-13-33(18)16-3-4-16)23(34)21-24(35)17-10-14(25-29-31-32-30-25)2-5-19(17)37-26(21)6-8-27-9-7-26/h2,5,10-13,16,21,27H,3-4,6-9H2,1H3,(H,29,30,31,32)/t21-/m1/s1. The van der Waals surface area contributed by atoms with Crippen LogP contribution >= 0.6 is 0 Å². The number of H-pyrrole nitrogens is 1. The van der Waals surface area contributed by atoms with Crippen molar-refractivity contribution in [1.82, 2.24) is 35.5 Å². The Hall–Kier alpha value is -4.12. The number of Topliss-reactive ketones (excluding diaryl/α,β-unsaturated/α-hetero) is 2. The highest BCUT2D eigenvalue weighted by atomic mass is 16.5. The molecule has 7 rings (SSSR count). The number of methoxy groups -OCH3 is 1. The maximum Gasteiger partial charge on any atom is 0.181 e. The number of tetrazole rings is 1. The third kappa shape index (κ3) is 3.45. The molecule has 2 aliphatic heterocycles. The van der Waals surface area contributed by atoms with E-state index in [1.165, 1.54) is 0 Å². The van der Waals surface area contributed by atoms with Gasteiger partial charge in [0, 0.05) is 30.0 Å². The average Bonchev–Trinajstić information content (AvgIpc) is 3.43. The van der Waals surface area contributed by atoms with Crippen LogP contribution in [0, 0.1) is 5.92 Å². The molecule has 2 N–H and O–H groups in total. The summed E-state index contributed by atoms with van der Waals surface area (Å²) in [6.45, 7) is 1.32. The summed E-state index contributed by atoms with van der Waals surface area (Å²) in [7, 11) is 1.57. The van der Waals surface area contributed by atoms with Gasteiger partial charge in [0.15, 0.2) is 17.4 Å². The Bertz CT molecular complexity index is 1530. The van der Waals surface area contributed by atoms with E-state index in [2.05, 4.69) is 35.5 Å². The molecule has 1 atom stereocenters. The van der Waals surface area contributed by atoms with Crippen LogP contribution in [0.4, 0.5) is 0 Å². The number of carbonyl (C=O) groups is 2. The number of hydrogen-bond acceptors (Lipinski definition) is 9. The SMILES string of the molecule is COc1cc(C(=O)[C@@H]2C(=O)c3cc(-c4nnn[nH]4)ccc3OC23CCNCC3)cc2c1ncn2C1CC1. The number of ketones is 2. The number of imidazole rings is 1. The first kappa shape index (κ1) is 22.1. The molecule has 11 heteroatoms. The fourth-order valence-corrected chi connectivity index (χ4v) is 5.72. The molecule has 37 heavy (non-hydrogen) atoms. The summed E-state index contributed by atoms with van der Waals surface area (Å²) in [6, 6.07) is 9.19. The number of benzene rings is 2. The van der Waals surface area contributed by atoms with Gasteiger partial charge in [-0.3, -0.25) is 9.59 Å². The molecule has 2 fully saturated rings. The molecule has 4 aromatic rings. The summed E-state index contributed by atoms with van der Waals surface area (Å²) >= 11 is 0. The zero-order chi connectivity index (χ0) is 25.1. The molecule has 2 aromatic carbocycles. The van der Waals surface area contributed by atoms with Gasteiger partial charge in [-0.2, -0.15) is 0 Å². The van der Waals surface area contributed by atoms with Gasteiger partial charge in [-0.25, -0.2) is 10.1 Å². The highest BCUT2D eigenvalue weighted by molar-refractivity contribution is 6.19. The second-order valence-electron chi connectivity index (χ2n) is 9.97. The molecule has 1 aliphatic carbocycles. The van der Waals surface area contributed by atoms with Crippen molar-refractivity contribution < 1.29 is 19.1 Å². The average molecular weight is 500 g/mol. The van der Waals surface area contributed by atoms with Crippen LogP contribution in [0.1, 0.15) is 52.4 Å². The molecule has 1 saturated heterocycles. The zero-order valence-electron chi connectivity index (χ0n) is 20.2. The van der Waals surface area contributed by atoms with Gasteiger partial charge < -0.3 is 19.4 Å². The lowest BCUT2D eigenvalue weighted by molar-refractivity contribution is -0.0138. The van der Waals surface area contributed by atoms with Crippen molar-refractivity contribution in [1.29, 1.82) is 0 Å². The van der Waals surface area contributed by atoms with E-state index in [9.17, 15) is 9.59 Å². The lowest BCUT2D eigenvalue weighted by Crippen LogP contribution is -2.58. The number of rotatable bonds is 5. The largest absolute Gasteiger partial charge is 0.494 e. The Kier molecular flexibility index (Phi) is 4.90. The van der Waals surface area contributed by atoms with Gasteiger partial charge in [0.2, 0.25) is 0 Å². The van der Waals surface area contributed by atoms with E-state index in [0.717, 1.165) is 18.4 Å². The van der Waals surface area contributed by atoms with Gasteiger partial charge in [0.05, 0.1) is 24.5 Å². The Morgan fingerprint density at radius 2 is 2.03 bits per heavy atom. The number of aromatic amines is 1. The maximum atomic E-state index is 14.3. The van der Waals surface area contributed by atoms with E-state index in [1.54, 1.807) is 31.6 Å². The molecule has 2 aromatic heterocycles. The Labute approximate surface area is 211 Å². The van der Waals surface area contributed by atoms with Crippen LogP contribution in [0.25, 0.3) is 22.4 Å². The molecule has 0 unspecified atom stereocenters. The van der Waals surface area contributed by atoms with Crippen molar-refractivity contribution >= 4 is 22.6 Å². The van der Waals surface area contributed by atoms with E-state index in [4.69, 9.17) is 9.47 Å². The molecule has 1 spiro atoms. The topological polar surface area (TPSA) is 137 Å². The normalized spacial score (nSPS) is 20.6. The second-order valence-corrected chi connectivity index (χ2v) is 9.97. The number of fused-ring (bicyclic) bond motifs is 2. The van der Waals surface area contributed by atoms with Gasteiger partial charge in [-0.1, -0.05) is 0 Å². The first-order valence-corrected chi connectivity index (χ1v) is 12.5. The summed E-state index contributed by atoms with van der Waals surface area (Å²) in [5, 5.41) is 17.2. The van der Waals surface area contributed by atoms with Crippen LogP contribution in [0.15, 0.2) is 36.7 Å². The minimum Gasteiger partial charge on any atom is -0.494 e. The van der Waals surface area contributed by atoms with E-state index in [0.29, 0.717) is 71.5 Å². The first-order chi connectivity index (χ1) is 18.1. The van der Waals surface area contributed by atoms with Gasteiger partial charge >= 0.3 is 0 Å². The summed E-state index contributed by atoms with van der Waals surface area (Å²) < 4.78 is 14.3.